The van der Waals surface area contributed by atoms with Crippen molar-refractivity contribution in [3.63, 3.8) is 0 Å². The summed E-state index contributed by atoms with van der Waals surface area (Å²) in [6.45, 7) is 24.1. The van der Waals surface area contributed by atoms with Crippen LogP contribution in [-0.4, -0.2) is 84.5 Å². The summed E-state index contributed by atoms with van der Waals surface area (Å²) >= 11 is 0. The Morgan fingerprint density at radius 2 is 1.84 bits per heavy atom. The number of nitrogens with one attached hydrogen (secondary N) is 2. The van der Waals surface area contributed by atoms with Crippen molar-refractivity contribution in [1.82, 2.24) is 20.1 Å². The number of piperazine rings is 1. The van der Waals surface area contributed by atoms with Crippen LogP contribution in [0.25, 0.3) is 0 Å². The molecule has 1 atom stereocenters. The predicted molar refractivity (Wildman–Crippen MR) is 177 cm³/mol. The van der Waals surface area contributed by atoms with Gasteiger partial charge in [0.05, 0.1) is 18.4 Å². The summed E-state index contributed by atoms with van der Waals surface area (Å²) in [6.07, 6.45) is 10.0. The van der Waals surface area contributed by atoms with Gasteiger partial charge in [-0.05, 0) is 95.7 Å². The van der Waals surface area contributed by atoms with E-state index in [1.165, 1.54) is 0 Å². The summed E-state index contributed by atoms with van der Waals surface area (Å²) < 4.78 is 14.6. The number of Topliss-reactive ketones (excluding diaryl/α,β-unsaturated/α-hetero) is 1. The molecule has 2 aliphatic heterocycles. The van der Waals surface area contributed by atoms with Crippen molar-refractivity contribution in [3.8, 4) is 0 Å². The molecule has 3 heterocycles. The lowest BCUT2D eigenvalue weighted by molar-refractivity contribution is -0.113. The monoisotopic (exact) mass is 592 g/mol. The highest BCUT2D eigenvalue weighted by molar-refractivity contribution is 6.01. The number of carbonyl (C=O) groups is 1. The highest BCUT2D eigenvalue weighted by atomic mass is 19.1. The fourth-order valence-corrected chi connectivity index (χ4v) is 6.18. The number of carbonyl (C=O) groups excluding carboxylic acids is 1. The molecule has 3 aliphatic rings. The Hall–Kier alpha value is -2.97. The molecule has 0 amide bonds. The van der Waals surface area contributed by atoms with Gasteiger partial charge in [0.25, 0.3) is 0 Å². The highest BCUT2D eigenvalue weighted by Crippen LogP contribution is 2.28. The van der Waals surface area contributed by atoms with Gasteiger partial charge in [0.15, 0.2) is 5.78 Å². The van der Waals surface area contributed by atoms with Crippen molar-refractivity contribution in [2.75, 3.05) is 56.0 Å². The van der Waals surface area contributed by atoms with Crippen LogP contribution in [0.4, 0.5) is 15.9 Å². The van der Waals surface area contributed by atoms with Crippen LogP contribution < -0.4 is 15.5 Å². The molecule has 0 aromatic carbocycles. The third-order valence-corrected chi connectivity index (χ3v) is 9.28. The lowest BCUT2D eigenvalue weighted by atomic mass is 9.97. The molecule has 7 nitrogen and oxygen atoms in total. The number of nitrogens with zero attached hydrogens (tertiary/aromatic N) is 4. The van der Waals surface area contributed by atoms with Crippen LogP contribution in [0.5, 0.6) is 0 Å². The van der Waals surface area contributed by atoms with Gasteiger partial charge >= 0.3 is 0 Å². The Balaban J connectivity index is 1.27. The first-order valence-corrected chi connectivity index (χ1v) is 16.2. The largest absolute Gasteiger partial charge is 0.382 e. The molecule has 1 saturated carbocycles. The number of hydrogen-bond acceptors (Lipinski definition) is 7. The van der Waals surface area contributed by atoms with Crippen LogP contribution in [0.1, 0.15) is 71.8 Å². The van der Waals surface area contributed by atoms with Crippen molar-refractivity contribution in [2.45, 2.75) is 91.3 Å². The molecule has 1 unspecified atom stereocenters. The first-order valence-electron chi connectivity index (χ1n) is 16.2. The Morgan fingerprint density at radius 1 is 1.12 bits per heavy atom. The van der Waals surface area contributed by atoms with Crippen LogP contribution in [-0.2, 0) is 4.79 Å². The predicted octanol–water partition coefficient (Wildman–Crippen LogP) is 6.16. The normalized spacial score (nSPS) is 21.4. The molecular formula is C35H53FN6O. The van der Waals surface area contributed by atoms with Gasteiger partial charge in [-0.15, -0.1) is 0 Å². The molecule has 8 heteroatoms. The number of anilines is 2. The Labute approximate surface area is 259 Å². The van der Waals surface area contributed by atoms with Gasteiger partial charge < -0.3 is 15.5 Å². The number of aryl methyl sites for hydroxylation is 1. The maximum atomic E-state index is 14.6. The van der Waals surface area contributed by atoms with E-state index in [-0.39, 0.29) is 18.2 Å². The molecule has 1 aromatic heterocycles. The van der Waals surface area contributed by atoms with Gasteiger partial charge in [-0.1, -0.05) is 32.6 Å². The lowest BCUT2D eigenvalue weighted by Gasteiger charge is -2.48. The van der Waals surface area contributed by atoms with E-state index in [1.807, 2.05) is 20.0 Å². The number of aromatic nitrogens is 1. The van der Waals surface area contributed by atoms with E-state index in [1.54, 1.807) is 6.08 Å². The third-order valence-electron chi connectivity index (χ3n) is 9.28. The Kier molecular flexibility index (Phi) is 11.6. The molecule has 0 bridgehead atoms. The second-order valence-corrected chi connectivity index (χ2v) is 12.7. The molecular weight excluding hydrogens is 539 g/mol. The van der Waals surface area contributed by atoms with Crippen LogP contribution >= 0.6 is 0 Å². The van der Waals surface area contributed by atoms with E-state index >= 15 is 0 Å². The maximum absolute atomic E-state index is 14.6. The molecule has 0 radical (unpaired) electrons. The molecule has 2 saturated heterocycles. The zero-order valence-electron chi connectivity index (χ0n) is 27.1. The average molecular weight is 593 g/mol. The number of piperidine rings is 1. The molecule has 236 valence electrons. The van der Waals surface area contributed by atoms with Crippen molar-refractivity contribution >= 4 is 17.3 Å². The number of hydrogen-bond donors (Lipinski definition) is 2. The number of likely N-dealkylation sites (tertiary alicyclic amines) is 1. The minimum Gasteiger partial charge on any atom is -0.382 e. The number of pyridine rings is 1. The number of halogens is 1. The topological polar surface area (TPSA) is 63.7 Å². The fourth-order valence-electron chi connectivity index (χ4n) is 6.18. The smallest absolute Gasteiger partial charge is 0.183 e. The number of rotatable bonds is 14. The third kappa shape index (κ3) is 9.02. The zero-order valence-corrected chi connectivity index (χ0v) is 27.1. The van der Waals surface area contributed by atoms with Crippen molar-refractivity contribution in [3.05, 3.63) is 65.3 Å². The fraction of sp³-hybridized carbons (Fsp3) is 0.600. The Morgan fingerprint density at radius 3 is 2.47 bits per heavy atom. The quantitative estimate of drug-likeness (QED) is 0.198. The molecule has 1 aliphatic carbocycles. The summed E-state index contributed by atoms with van der Waals surface area (Å²) in [6, 6.07) is 3.57. The highest BCUT2D eigenvalue weighted by Gasteiger charge is 2.34. The number of allylic oxidation sites excluding steroid dienone is 4. The molecule has 4 rings (SSSR count). The molecule has 3 fully saturated rings. The van der Waals surface area contributed by atoms with E-state index in [0.29, 0.717) is 35.9 Å². The standard InChI is InChI=1S/C35H53FN6O/c1-8-24(3)18-33(36)26(5)22-40-14-12-32(13-15-40)42-17-16-41(23-31(42)9-2)35-25(4)19-30(20-38-35)37-21-34(43)27(6)28(7)39-29-10-11-29/h18-20,29,31-32,37,39H,6-17,21-23H2,1-5H3/b24-18-,33-26-. The molecule has 43 heavy (non-hydrogen) atoms. The zero-order chi connectivity index (χ0) is 31.1. The van der Waals surface area contributed by atoms with E-state index in [0.717, 1.165) is 99.5 Å². The summed E-state index contributed by atoms with van der Waals surface area (Å²) in [5.74, 6) is 0.886. The second-order valence-electron chi connectivity index (χ2n) is 12.7. The maximum Gasteiger partial charge on any atom is 0.183 e. The van der Waals surface area contributed by atoms with Crippen LogP contribution in [0, 0.1) is 6.92 Å². The minimum absolute atomic E-state index is 0.0643. The lowest BCUT2D eigenvalue weighted by Crippen LogP contribution is -2.58. The van der Waals surface area contributed by atoms with E-state index < -0.39 is 0 Å². The summed E-state index contributed by atoms with van der Waals surface area (Å²) in [4.78, 5) is 25.0. The van der Waals surface area contributed by atoms with Gasteiger partial charge in [0.1, 0.15) is 11.6 Å². The number of ketones is 1. The van der Waals surface area contributed by atoms with Gasteiger partial charge in [0.2, 0.25) is 0 Å². The summed E-state index contributed by atoms with van der Waals surface area (Å²) in [5.41, 5.74) is 4.91. The van der Waals surface area contributed by atoms with Crippen LogP contribution in [0.15, 0.2) is 59.7 Å². The van der Waals surface area contributed by atoms with Crippen molar-refractivity contribution < 1.29 is 9.18 Å². The molecule has 1 aromatic rings. The first-order chi connectivity index (χ1) is 20.6. The van der Waals surface area contributed by atoms with Gasteiger partial charge in [-0.25, -0.2) is 9.37 Å². The Bertz CT molecular complexity index is 1230. The molecule has 2 N–H and O–H groups in total. The molecule has 0 spiro atoms. The second kappa shape index (κ2) is 15.2. The van der Waals surface area contributed by atoms with Crippen LogP contribution in [0.2, 0.25) is 0 Å². The van der Waals surface area contributed by atoms with Gasteiger partial charge in [-0.3, -0.25) is 14.6 Å². The minimum atomic E-state index is -0.0706. The van der Waals surface area contributed by atoms with Crippen molar-refractivity contribution in [2.24, 2.45) is 0 Å². The summed E-state index contributed by atoms with van der Waals surface area (Å²) in [5, 5.41) is 6.48. The first kappa shape index (κ1) is 32.9. The van der Waals surface area contributed by atoms with Crippen molar-refractivity contribution in [1.29, 1.82) is 0 Å². The van der Waals surface area contributed by atoms with Gasteiger partial charge in [0, 0.05) is 55.6 Å². The van der Waals surface area contributed by atoms with E-state index in [4.69, 9.17) is 4.98 Å². The van der Waals surface area contributed by atoms with E-state index in [9.17, 15) is 9.18 Å². The average Bonchev–Trinajstić information content (AvgIpc) is 3.83. The van der Waals surface area contributed by atoms with Gasteiger partial charge in [-0.2, -0.15) is 0 Å². The van der Waals surface area contributed by atoms with E-state index in [2.05, 4.69) is 65.3 Å². The van der Waals surface area contributed by atoms with Crippen LogP contribution in [0.3, 0.4) is 0 Å². The summed E-state index contributed by atoms with van der Waals surface area (Å²) in [7, 11) is 0. The SMILES string of the molecule is C=C(NC1CC1)C(=C)C(=O)CNc1cnc(N2CCN(C3CCN(C/C(C)=C(F)/C=C(/C)CC)CC3)C(CC)C2)c(C)c1.